The van der Waals surface area contributed by atoms with E-state index in [4.69, 9.17) is 11.6 Å². The minimum atomic E-state index is -0.209. The number of aromatic nitrogens is 1. The van der Waals surface area contributed by atoms with Crippen molar-refractivity contribution in [1.29, 1.82) is 0 Å². The number of halogens is 1. The first-order valence-electron chi connectivity index (χ1n) is 5.81. The summed E-state index contributed by atoms with van der Waals surface area (Å²) in [5, 5.41) is 6.42. The van der Waals surface area contributed by atoms with Crippen LogP contribution in [0.4, 0.5) is 11.4 Å². The zero-order chi connectivity index (χ0) is 13.8. The minimum absolute atomic E-state index is 0.209. The summed E-state index contributed by atoms with van der Waals surface area (Å²) in [7, 11) is 1.77. The van der Waals surface area contributed by atoms with Crippen molar-refractivity contribution in [3.05, 3.63) is 52.8 Å². The van der Waals surface area contributed by atoms with Gasteiger partial charge in [-0.1, -0.05) is 11.6 Å². The van der Waals surface area contributed by atoms with Gasteiger partial charge in [0.15, 0.2) is 0 Å². The van der Waals surface area contributed by atoms with Gasteiger partial charge < -0.3 is 10.6 Å². The molecular formula is C14H14ClN3O. The van der Waals surface area contributed by atoms with Crippen LogP contribution in [0.25, 0.3) is 0 Å². The van der Waals surface area contributed by atoms with Crippen LogP contribution in [0.2, 0.25) is 5.02 Å². The van der Waals surface area contributed by atoms with E-state index in [9.17, 15) is 4.79 Å². The van der Waals surface area contributed by atoms with Crippen LogP contribution in [-0.2, 0) is 0 Å². The SMILES string of the molecule is CNc1cc(C)ncc1C(=O)Nc1ccc(Cl)cc1. The molecule has 98 valence electrons. The maximum atomic E-state index is 12.2. The number of hydrogen-bond acceptors (Lipinski definition) is 3. The first-order valence-corrected chi connectivity index (χ1v) is 6.19. The highest BCUT2D eigenvalue weighted by molar-refractivity contribution is 6.30. The summed E-state index contributed by atoms with van der Waals surface area (Å²) in [4.78, 5) is 16.3. The van der Waals surface area contributed by atoms with Crippen LogP contribution in [0.5, 0.6) is 0 Å². The number of nitrogens with one attached hydrogen (secondary N) is 2. The fourth-order valence-electron chi connectivity index (χ4n) is 1.68. The third kappa shape index (κ3) is 3.23. The van der Waals surface area contributed by atoms with E-state index in [0.717, 1.165) is 11.4 Å². The molecule has 2 rings (SSSR count). The number of nitrogens with zero attached hydrogens (tertiary/aromatic N) is 1. The van der Waals surface area contributed by atoms with Gasteiger partial charge in [-0.3, -0.25) is 9.78 Å². The maximum absolute atomic E-state index is 12.2. The van der Waals surface area contributed by atoms with Gasteiger partial charge in [0.2, 0.25) is 0 Å². The van der Waals surface area contributed by atoms with E-state index in [2.05, 4.69) is 15.6 Å². The molecule has 0 saturated carbocycles. The predicted molar refractivity (Wildman–Crippen MR) is 77.9 cm³/mol. The molecule has 0 fully saturated rings. The van der Waals surface area contributed by atoms with Gasteiger partial charge in [-0.2, -0.15) is 0 Å². The third-order valence-corrected chi connectivity index (χ3v) is 2.91. The van der Waals surface area contributed by atoms with E-state index >= 15 is 0 Å². The van der Waals surface area contributed by atoms with Crippen molar-refractivity contribution in [1.82, 2.24) is 4.98 Å². The lowest BCUT2D eigenvalue weighted by molar-refractivity contribution is 0.102. The van der Waals surface area contributed by atoms with E-state index in [0.29, 0.717) is 16.3 Å². The molecule has 0 unspecified atom stereocenters. The average molecular weight is 276 g/mol. The summed E-state index contributed by atoms with van der Waals surface area (Å²) >= 11 is 5.80. The molecular weight excluding hydrogens is 262 g/mol. The molecule has 4 nitrogen and oxygen atoms in total. The van der Waals surface area contributed by atoms with Crippen molar-refractivity contribution in [2.75, 3.05) is 17.7 Å². The first-order chi connectivity index (χ1) is 9.10. The van der Waals surface area contributed by atoms with Crippen molar-refractivity contribution in [2.24, 2.45) is 0 Å². The van der Waals surface area contributed by atoms with Crippen LogP contribution in [0, 0.1) is 6.92 Å². The second-order valence-corrected chi connectivity index (χ2v) is 4.52. The zero-order valence-electron chi connectivity index (χ0n) is 10.7. The van der Waals surface area contributed by atoms with Crippen LogP contribution >= 0.6 is 11.6 Å². The lowest BCUT2D eigenvalue weighted by Crippen LogP contribution is -2.14. The second kappa shape index (κ2) is 5.71. The highest BCUT2D eigenvalue weighted by Gasteiger charge is 2.11. The summed E-state index contributed by atoms with van der Waals surface area (Å²) in [5.41, 5.74) is 2.80. The number of hydrogen-bond donors (Lipinski definition) is 2. The monoisotopic (exact) mass is 275 g/mol. The molecule has 1 aromatic carbocycles. The van der Waals surface area contributed by atoms with Gasteiger partial charge >= 0.3 is 0 Å². The topological polar surface area (TPSA) is 54.0 Å². The zero-order valence-corrected chi connectivity index (χ0v) is 11.5. The Morgan fingerprint density at radius 1 is 1.26 bits per heavy atom. The molecule has 0 aliphatic rings. The highest BCUT2D eigenvalue weighted by atomic mass is 35.5. The molecule has 0 spiro atoms. The van der Waals surface area contributed by atoms with Crippen molar-refractivity contribution in [2.45, 2.75) is 6.92 Å². The Labute approximate surface area is 116 Å². The molecule has 1 aromatic heterocycles. The summed E-state index contributed by atoms with van der Waals surface area (Å²) in [6.07, 6.45) is 1.56. The Morgan fingerprint density at radius 3 is 2.58 bits per heavy atom. The van der Waals surface area contributed by atoms with Crippen molar-refractivity contribution >= 4 is 28.9 Å². The largest absolute Gasteiger partial charge is 0.387 e. The molecule has 0 aliphatic heterocycles. The molecule has 2 N–H and O–H groups in total. The Balaban J connectivity index is 2.22. The summed E-state index contributed by atoms with van der Waals surface area (Å²) in [6.45, 7) is 1.88. The van der Waals surface area contributed by atoms with Gasteiger partial charge in [-0.15, -0.1) is 0 Å². The molecule has 1 heterocycles. The second-order valence-electron chi connectivity index (χ2n) is 4.08. The lowest BCUT2D eigenvalue weighted by Gasteiger charge is -2.10. The van der Waals surface area contributed by atoms with Crippen LogP contribution < -0.4 is 10.6 Å². The number of amides is 1. The number of benzene rings is 1. The van der Waals surface area contributed by atoms with Gasteiger partial charge in [0, 0.05) is 29.6 Å². The quantitative estimate of drug-likeness (QED) is 0.903. The van der Waals surface area contributed by atoms with Gasteiger partial charge in [-0.05, 0) is 37.3 Å². The minimum Gasteiger partial charge on any atom is -0.387 e. The average Bonchev–Trinajstić information content (AvgIpc) is 2.41. The van der Waals surface area contributed by atoms with Crippen LogP contribution in [-0.4, -0.2) is 17.9 Å². The smallest absolute Gasteiger partial charge is 0.259 e. The molecule has 0 aliphatic carbocycles. The van der Waals surface area contributed by atoms with E-state index in [-0.39, 0.29) is 5.91 Å². The number of pyridine rings is 1. The van der Waals surface area contributed by atoms with Crippen LogP contribution in [0.15, 0.2) is 36.5 Å². The summed E-state index contributed by atoms with van der Waals surface area (Å²) in [6, 6.07) is 8.78. The highest BCUT2D eigenvalue weighted by Crippen LogP contribution is 2.18. The standard InChI is InChI=1S/C14H14ClN3O/c1-9-7-13(16-2)12(8-17-9)14(19)18-11-5-3-10(15)4-6-11/h3-8H,1-2H3,(H,16,17)(H,18,19). The Morgan fingerprint density at radius 2 is 1.95 bits per heavy atom. The van der Waals surface area contributed by atoms with Crippen LogP contribution in [0.3, 0.4) is 0 Å². The number of carbonyl (C=O) groups excluding carboxylic acids is 1. The van der Waals surface area contributed by atoms with Gasteiger partial charge in [0.1, 0.15) is 0 Å². The maximum Gasteiger partial charge on any atom is 0.259 e. The van der Waals surface area contributed by atoms with E-state index < -0.39 is 0 Å². The fraction of sp³-hybridized carbons (Fsp3) is 0.143. The molecule has 19 heavy (non-hydrogen) atoms. The molecule has 1 amide bonds. The first kappa shape index (κ1) is 13.4. The fourth-order valence-corrected chi connectivity index (χ4v) is 1.81. The summed E-state index contributed by atoms with van der Waals surface area (Å²) < 4.78 is 0. The van der Waals surface area contributed by atoms with Crippen molar-refractivity contribution in [3.8, 4) is 0 Å². The van der Waals surface area contributed by atoms with Crippen molar-refractivity contribution in [3.63, 3.8) is 0 Å². The lowest BCUT2D eigenvalue weighted by atomic mass is 10.2. The van der Waals surface area contributed by atoms with Crippen LogP contribution in [0.1, 0.15) is 16.1 Å². The Hall–Kier alpha value is -2.07. The molecule has 0 atom stereocenters. The van der Waals surface area contributed by atoms with E-state index in [1.165, 1.54) is 0 Å². The number of aryl methyl sites for hydroxylation is 1. The normalized spacial score (nSPS) is 10.1. The van der Waals surface area contributed by atoms with Gasteiger partial charge in [0.25, 0.3) is 5.91 Å². The van der Waals surface area contributed by atoms with Gasteiger partial charge in [-0.25, -0.2) is 0 Å². The van der Waals surface area contributed by atoms with E-state index in [1.54, 1.807) is 37.5 Å². The van der Waals surface area contributed by atoms with E-state index in [1.807, 2.05) is 13.0 Å². The van der Waals surface area contributed by atoms with Gasteiger partial charge in [0.05, 0.1) is 11.3 Å². The molecule has 0 bridgehead atoms. The molecule has 2 aromatic rings. The predicted octanol–water partition coefficient (Wildman–Crippen LogP) is 3.34. The molecule has 0 radical (unpaired) electrons. The Bertz CT molecular complexity index is 596. The van der Waals surface area contributed by atoms with Crippen molar-refractivity contribution < 1.29 is 4.79 Å². The molecule has 0 saturated heterocycles. The molecule has 5 heteroatoms. The summed E-state index contributed by atoms with van der Waals surface area (Å²) in [5.74, 6) is -0.209. The number of carbonyl (C=O) groups is 1. The number of anilines is 2. The number of rotatable bonds is 3. The Kier molecular flexibility index (Phi) is 4.02. The third-order valence-electron chi connectivity index (χ3n) is 2.66.